The molecule has 1 N–H and O–H groups in total. The van der Waals surface area contributed by atoms with E-state index in [9.17, 15) is 5.11 Å². The second-order valence-corrected chi connectivity index (χ2v) is 5.68. The van der Waals surface area contributed by atoms with Gasteiger partial charge in [-0.3, -0.25) is 4.90 Å². The quantitative estimate of drug-likeness (QED) is 0.714. The van der Waals surface area contributed by atoms with E-state index < -0.39 is 0 Å². The van der Waals surface area contributed by atoms with Crippen molar-refractivity contribution in [1.82, 2.24) is 4.90 Å². The first kappa shape index (κ1) is 11.4. The Bertz CT molecular complexity index is 230. The molecular weight excluding hydrogens is 190 g/mol. The topological polar surface area (TPSA) is 32.7 Å². The highest BCUT2D eigenvalue weighted by atomic mass is 16.5. The van der Waals surface area contributed by atoms with Crippen molar-refractivity contribution < 1.29 is 9.84 Å². The molecule has 1 unspecified atom stereocenters. The lowest BCUT2D eigenvalue weighted by atomic mass is 10.0. The van der Waals surface area contributed by atoms with Gasteiger partial charge in [-0.1, -0.05) is 0 Å². The van der Waals surface area contributed by atoms with Gasteiger partial charge in [-0.2, -0.15) is 0 Å². The summed E-state index contributed by atoms with van der Waals surface area (Å²) in [6.07, 6.45) is 3.44. The number of aliphatic hydroxyl groups is 1. The molecule has 0 aromatic carbocycles. The number of rotatable bonds is 1. The fraction of sp³-hybridized carbons (Fsp3) is 1.00. The largest absolute Gasteiger partial charge is 0.391 e. The fourth-order valence-electron chi connectivity index (χ4n) is 3.10. The first-order valence-corrected chi connectivity index (χ1v) is 6.08. The van der Waals surface area contributed by atoms with Crippen LogP contribution < -0.4 is 0 Å². The third-order valence-electron chi connectivity index (χ3n) is 3.51. The second kappa shape index (κ2) is 4.04. The van der Waals surface area contributed by atoms with E-state index in [1.54, 1.807) is 0 Å². The summed E-state index contributed by atoms with van der Waals surface area (Å²) in [7, 11) is 0. The SMILES string of the molecule is CC1CN([C@@H]2CCC[C@H]2O)CC(C)(C)O1. The monoisotopic (exact) mass is 213 g/mol. The van der Waals surface area contributed by atoms with Gasteiger partial charge in [0, 0.05) is 19.1 Å². The molecule has 2 aliphatic rings. The highest BCUT2D eigenvalue weighted by Crippen LogP contribution is 2.29. The highest BCUT2D eigenvalue weighted by Gasteiger charge is 2.38. The van der Waals surface area contributed by atoms with Crippen molar-refractivity contribution in [2.24, 2.45) is 0 Å². The van der Waals surface area contributed by atoms with Crippen molar-refractivity contribution in [3.05, 3.63) is 0 Å². The van der Waals surface area contributed by atoms with Crippen LogP contribution in [-0.4, -0.2) is 46.9 Å². The van der Waals surface area contributed by atoms with Gasteiger partial charge in [-0.15, -0.1) is 0 Å². The van der Waals surface area contributed by atoms with Crippen molar-refractivity contribution in [2.75, 3.05) is 13.1 Å². The van der Waals surface area contributed by atoms with Gasteiger partial charge >= 0.3 is 0 Å². The van der Waals surface area contributed by atoms with Crippen molar-refractivity contribution in [3.8, 4) is 0 Å². The lowest BCUT2D eigenvalue weighted by molar-refractivity contribution is -0.144. The van der Waals surface area contributed by atoms with Crippen LogP contribution in [0.25, 0.3) is 0 Å². The molecule has 3 nitrogen and oxygen atoms in total. The molecule has 0 spiro atoms. The molecule has 1 aliphatic carbocycles. The van der Waals surface area contributed by atoms with E-state index >= 15 is 0 Å². The minimum Gasteiger partial charge on any atom is -0.391 e. The van der Waals surface area contributed by atoms with Crippen LogP contribution in [0, 0.1) is 0 Å². The molecule has 88 valence electrons. The summed E-state index contributed by atoms with van der Waals surface area (Å²) in [5.41, 5.74) is -0.0695. The lowest BCUT2D eigenvalue weighted by Crippen LogP contribution is -2.56. The Morgan fingerprint density at radius 2 is 2.07 bits per heavy atom. The van der Waals surface area contributed by atoms with E-state index in [0.717, 1.165) is 32.4 Å². The van der Waals surface area contributed by atoms with Crippen LogP contribution in [0.1, 0.15) is 40.0 Å². The number of hydrogen-bond acceptors (Lipinski definition) is 3. The Morgan fingerprint density at radius 3 is 2.60 bits per heavy atom. The molecule has 0 bridgehead atoms. The Kier molecular flexibility index (Phi) is 3.06. The van der Waals surface area contributed by atoms with Gasteiger partial charge in [0.15, 0.2) is 0 Å². The molecule has 2 rings (SSSR count). The summed E-state index contributed by atoms with van der Waals surface area (Å²) in [4.78, 5) is 2.42. The summed E-state index contributed by atoms with van der Waals surface area (Å²) in [6.45, 7) is 8.30. The zero-order valence-electron chi connectivity index (χ0n) is 10.1. The Morgan fingerprint density at radius 1 is 1.33 bits per heavy atom. The molecule has 1 aliphatic heterocycles. The zero-order chi connectivity index (χ0) is 11.1. The number of ether oxygens (including phenoxy) is 1. The van der Waals surface area contributed by atoms with Crippen LogP contribution >= 0.6 is 0 Å². The number of morpholine rings is 1. The molecule has 0 radical (unpaired) electrons. The van der Waals surface area contributed by atoms with Gasteiger partial charge < -0.3 is 9.84 Å². The van der Waals surface area contributed by atoms with E-state index in [4.69, 9.17) is 4.74 Å². The Hall–Kier alpha value is -0.120. The van der Waals surface area contributed by atoms with Gasteiger partial charge in [0.2, 0.25) is 0 Å². The third-order valence-corrected chi connectivity index (χ3v) is 3.51. The zero-order valence-corrected chi connectivity index (χ0v) is 10.1. The maximum absolute atomic E-state index is 9.92. The summed E-state index contributed by atoms with van der Waals surface area (Å²) in [5.74, 6) is 0. The van der Waals surface area contributed by atoms with Crippen LogP contribution in [0.3, 0.4) is 0 Å². The van der Waals surface area contributed by atoms with Gasteiger partial charge in [-0.05, 0) is 40.0 Å². The lowest BCUT2D eigenvalue weighted by Gasteiger charge is -2.45. The van der Waals surface area contributed by atoms with Crippen LogP contribution in [0.5, 0.6) is 0 Å². The summed E-state index contributed by atoms with van der Waals surface area (Å²) >= 11 is 0. The molecule has 15 heavy (non-hydrogen) atoms. The van der Waals surface area contributed by atoms with Crippen molar-refractivity contribution >= 4 is 0 Å². The van der Waals surface area contributed by atoms with Gasteiger partial charge in [0.1, 0.15) is 0 Å². The van der Waals surface area contributed by atoms with Gasteiger partial charge in [-0.25, -0.2) is 0 Å². The maximum atomic E-state index is 9.92. The van der Waals surface area contributed by atoms with Crippen molar-refractivity contribution in [2.45, 2.75) is 63.9 Å². The average molecular weight is 213 g/mol. The van der Waals surface area contributed by atoms with Crippen LogP contribution in [-0.2, 0) is 4.74 Å². The van der Waals surface area contributed by atoms with Gasteiger partial charge in [0.25, 0.3) is 0 Å². The number of nitrogens with zero attached hydrogens (tertiary/aromatic N) is 1. The molecule has 2 fully saturated rings. The van der Waals surface area contributed by atoms with E-state index in [1.807, 2.05) is 0 Å². The highest BCUT2D eigenvalue weighted by molar-refractivity contribution is 4.91. The minimum absolute atomic E-state index is 0.0695. The third kappa shape index (κ3) is 2.52. The molecule has 3 heteroatoms. The van der Waals surface area contributed by atoms with E-state index in [-0.39, 0.29) is 17.8 Å². The second-order valence-electron chi connectivity index (χ2n) is 5.68. The minimum atomic E-state index is -0.119. The molecule has 0 amide bonds. The van der Waals surface area contributed by atoms with E-state index in [0.29, 0.717) is 6.04 Å². The predicted octanol–water partition coefficient (Wildman–Crippen LogP) is 1.40. The molecule has 1 saturated carbocycles. The molecule has 1 saturated heterocycles. The van der Waals surface area contributed by atoms with Crippen molar-refractivity contribution in [3.63, 3.8) is 0 Å². The predicted molar refractivity (Wildman–Crippen MR) is 59.8 cm³/mol. The average Bonchev–Trinajstić information content (AvgIpc) is 2.47. The van der Waals surface area contributed by atoms with Crippen LogP contribution in [0.15, 0.2) is 0 Å². The maximum Gasteiger partial charge on any atom is 0.0757 e. The molecule has 0 aromatic rings. The van der Waals surface area contributed by atoms with Crippen LogP contribution in [0.4, 0.5) is 0 Å². The number of aliphatic hydroxyl groups excluding tert-OH is 1. The van der Waals surface area contributed by atoms with Crippen molar-refractivity contribution in [1.29, 1.82) is 0 Å². The van der Waals surface area contributed by atoms with Gasteiger partial charge in [0.05, 0.1) is 17.8 Å². The first-order chi connectivity index (χ1) is 6.98. The Labute approximate surface area is 92.4 Å². The van der Waals surface area contributed by atoms with Crippen LogP contribution in [0.2, 0.25) is 0 Å². The molecule has 1 heterocycles. The summed E-state index contributed by atoms with van der Waals surface area (Å²) in [6, 6.07) is 0.371. The smallest absolute Gasteiger partial charge is 0.0757 e. The molecular formula is C12H23NO2. The normalized spacial score (nSPS) is 42.0. The number of hydrogen-bond donors (Lipinski definition) is 1. The fourth-order valence-corrected chi connectivity index (χ4v) is 3.10. The molecule has 3 atom stereocenters. The standard InChI is InChI=1S/C12H23NO2/c1-9-7-13(8-12(2,3)15-9)10-5-4-6-11(10)14/h9-11,14H,4-8H2,1-3H3/t9?,10-,11-/m1/s1. The first-order valence-electron chi connectivity index (χ1n) is 6.08. The van der Waals surface area contributed by atoms with E-state index in [1.165, 1.54) is 0 Å². The van der Waals surface area contributed by atoms with E-state index in [2.05, 4.69) is 25.7 Å². The summed E-state index contributed by atoms with van der Waals surface area (Å²) in [5, 5.41) is 9.92. The molecule has 0 aromatic heterocycles. The Balaban J connectivity index is 2.02. The summed E-state index contributed by atoms with van der Waals surface area (Å²) < 4.78 is 5.88.